The lowest BCUT2D eigenvalue weighted by atomic mass is 10.2. The molecule has 1 heterocycles. The van der Waals surface area contributed by atoms with Gasteiger partial charge >= 0.3 is 0 Å². The number of rotatable bonds is 5. The molecule has 0 saturated carbocycles. The van der Waals surface area contributed by atoms with Crippen LogP contribution in [0.2, 0.25) is 0 Å². The van der Waals surface area contributed by atoms with E-state index in [4.69, 9.17) is 12.2 Å². The summed E-state index contributed by atoms with van der Waals surface area (Å²) in [5.41, 5.74) is 2.58. The number of nitrogens with one attached hydrogen (secondary N) is 1. The van der Waals surface area contributed by atoms with Gasteiger partial charge in [0, 0.05) is 23.1 Å². The molecule has 0 bridgehead atoms. The van der Waals surface area contributed by atoms with Gasteiger partial charge in [0.2, 0.25) is 5.88 Å². The van der Waals surface area contributed by atoms with Crippen LogP contribution < -0.4 is 11.0 Å². The summed E-state index contributed by atoms with van der Waals surface area (Å²) < 4.78 is 3.93. The van der Waals surface area contributed by atoms with Crippen LogP contribution in [0.1, 0.15) is 36.7 Å². The lowest BCUT2D eigenvalue weighted by molar-refractivity contribution is 0.0955. The number of halogens is 1. The van der Waals surface area contributed by atoms with Gasteiger partial charge in [0.05, 0.1) is 5.71 Å². The van der Waals surface area contributed by atoms with Crippen LogP contribution in [0.25, 0.3) is 0 Å². The largest absolute Gasteiger partial charge is 0.494 e. The Morgan fingerprint density at radius 2 is 1.81 bits per heavy atom. The zero-order chi connectivity index (χ0) is 19.4. The highest BCUT2D eigenvalue weighted by molar-refractivity contribution is 9.10. The van der Waals surface area contributed by atoms with Crippen molar-refractivity contribution in [2.75, 3.05) is 0 Å². The number of nitrogens with zero attached hydrogens (tertiary/aromatic N) is 3. The molecule has 0 saturated heterocycles. The Labute approximate surface area is 164 Å². The third-order valence-corrected chi connectivity index (χ3v) is 4.80. The Bertz CT molecular complexity index is 977. The van der Waals surface area contributed by atoms with Gasteiger partial charge in [-0.1, -0.05) is 15.9 Å². The predicted octanol–water partition coefficient (Wildman–Crippen LogP) is 3.04. The molecule has 7 nitrogen and oxygen atoms in total. The zero-order valence-corrected chi connectivity index (χ0v) is 17.0. The van der Waals surface area contributed by atoms with Crippen molar-refractivity contribution in [3.8, 4) is 5.88 Å². The molecule has 0 aliphatic rings. The average Bonchev–Trinajstić information content (AvgIpc) is 2.61. The first-order chi connectivity index (χ1) is 12.3. The molecule has 2 aromatic rings. The number of aromatic hydroxyl groups is 1. The summed E-state index contributed by atoms with van der Waals surface area (Å²) in [4.78, 5) is 24.8. The van der Waals surface area contributed by atoms with Gasteiger partial charge in [-0.25, -0.2) is 5.43 Å². The van der Waals surface area contributed by atoms with E-state index in [1.54, 1.807) is 38.1 Å². The van der Waals surface area contributed by atoms with Crippen LogP contribution >= 0.6 is 28.1 Å². The Balaban J connectivity index is 2.43. The fourth-order valence-corrected chi connectivity index (χ4v) is 3.12. The van der Waals surface area contributed by atoms with E-state index in [9.17, 15) is 14.7 Å². The van der Waals surface area contributed by atoms with E-state index >= 15 is 0 Å². The van der Waals surface area contributed by atoms with Crippen LogP contribution in [0.15, 0.2) is 38.6 Å². The third kappa shape index (κ3) is 3.94. The molecule has 0 atom stereocenters. The maximum absolute atomic E-state index is 12.6. The first-order valence-electron chi connectivity index (χ1n) is 7.98. The van der Waals surface area contributed by atoms with Crippen molar-refractivity contribution in [2.24, 2.45) is 5.10 Å². The number of aromatic nitrogens is 2. The molecule has 0 fully saturated rings. The van der Waals surface area contributed by atoms with Gasteiger partial charge in [0.1, 0.15) is 5.56 Å². The molecule has 26 heavy (non-hydrogen) atoms. The first-order valence-corrected chi connectivity index (χ1v) is 9.19. The van der Waals surface area contributed by atoms with E-state index in [-0.39, 0.29) is 21.9 Å². The van der Waals surface area contributed by atoms with E-state index in [0.29, 0.717) is 18.7 Å². The van der Waals surface area contributed by atoms with E-state index in [0.717, 1.165) is 4.47 Å². The topological polar surface area (TPSA) is 88.6 Å². The van der Waals surface area contributed by atoms with Crippen molar-refractivity contribution in [1.29, 1.82) is 0 Å². The monoisotopic (exact) mass is 438 g/mol. The number of amides is 1. The molecule has 2 N–H and O–H groups in total. The highest BCUT2D eigenvalue weighted by atomic mass is 79.9. The fraction of sp³-hybridized carbons (Fsp3) is 0.294. The molecule has 0 unspecified atom stereocenters. The summed E-state index contributed by atoms with van der Waals surface area (Å²) in [6.45, 7) is 5.91. The summed E-state index contributed by atoms with van der Waals surface area (Å²) >= 11 is 8.55. The second-order valence-corrected chi connectivity index (χ2v) is 6.70. The van der Waals surface area contributed by atoms with Crippen LogP contribution in [-0.2, 0) is 13.1 Å². The van der Waals surface area contributed by atoms with E-state index in [1.165, 1.54) is 9.13 Å². The highest BCUT2D eigenvalue weighted by Crippen LogP contribution is 2.15. The van der Waals surface area contributed by atoms with Gasteiger partial charge in [-0.15, -0.1) is 0 Å². The van der Waals surface area contributed by atoms with Crippen molar-refractivity contribution >= 4 is 39.8 Å². The Kier molecular flexibility index (Phi) is 6.49. The molecular formula is C17H19BrN4O3S. The number of hydrogen-bond donors (Lipinski definition) is 2. The van der Waals surface area contributed by atoms with Crippen LogP contribution in [0.5, 0.6) is 5.88 Å². The summed E-state index contributed by atoms with van der Waals surface area (Å²) in [5, 5.41) is 14.4. The number of hydrogen-bond acceptors (Lipinski definition) is 5. The standard InChI is InChI=1S/C17H19BrN4O3S/c1-4-21-15(24)13(16(25)22(5-2)17(21)26)10(3)19-20-14(23)11-6-8-12(18)9-7-11/h6-9,24H,4-5H2,1-3H3,(H,20,23)/b19-10+. The van der Waals surface area contributed by atoms with Crippen LogP contribution in [0, 0.1) is 4.77 Å². The van der Waals surface area contributed by atoms with Crippen LogP contribution in [0.3, 0.4) is 0 Å². The number of hydrazone groups is 1. The predicted molar refractivity (Wildman–Crippen MR) is 106 cm³/mol. The smallest absolute Gasteiger partial charge is 0.271 e. The maximum atomic E-state index is 12.6. The highest BCUT2D eigenvalue weighted by Gasteiger charge is 2.18. The van der Waals surface area contributed by atoms with Crippen molar-refractivity contribution < 1.29 is 9.90 Å². The van der Waals surface area contributed by atoms with E-state index < -0.39 is 11.5 Å². The fourth-order valence-electron chi connectivity index (χ4n) is 2.43. The molecule has 0 spiro atoms. The van der Waals surface area contributed by atoms with Crippen molar-refractivity contribution in [3.05, 3.63) is 55.0 Å². The molecule has 1 aromatic carbocycles. The lowest BCUT2D eigenvalue weighted by Gasteiger charge is -2.15. The lowest BCUT2D eigenvalue weighted by Crippen LogP contribution is -2.31. The normalized spacial score (nSPS) is 11.5. The van der Waals surface area contributed by atoms with Crippen molar-refractivity contribution in [1.82, 2.24) is 14.6 Å². The van der Waals surface area contributed by atoms with Gasteiger partial charge in [-0.3, -0.25) is 18.7 Å². The van der Waals surface area contributed by atoms with Crippen LogP contribution in [-0.4, -0.2) is 25.9 Å². The molecule has 9 heteroatoms. The van der Waals surface area contributed by atoms with Gasteiger partial charge in [-0.2, -0.15) is 5.10 Å². The molecule has 1 aromatic heterocycles. The average molecular weight is 439 g/mol. The second kappa shape index (κ2) is 8.41. The summed E-state index contributed by atoms with van der Waals surface area (Å²) in [6, 6.07) is 6.76. The van der Waals surface area contributed by atoms with Crippen molar-refractivity contribution in [2.45, 2.75) is 33.9 Å². The molecule has 138 valence electrons. The van der Waals surface area contributed by atoms with Gasteiger partial charge in [0.25, 0.3) is 11.5 Å². The number of carbonyl (C=O) groups excluding carboxylic acids is 1. The van der Waals surface area contributed by atoms with Crippen LogP contribution in [0.4, 0.5) is 0 Å². The van der Waals surface area contributed by atoms with E-state index in [1.807, 2.05) is 6.92 Å². The summed E-state index contributed by atoms with van der Waals surface area (Å²) in [7, 11) is 0. The second-order valence-electron chi connectivity index (χ2n) is 5.42. The number of carbonyl (C=O) groups is 1. The molecule has 1 amide bonds. The first kappa shape index (κ1) is 20.1. The SMILES string of the molecule is CCn1c(O)c(/C(C)=N/NC(=O)c2ccc(Br)cc2)c(=O)n(CC)c1=S. The molecule has 0 aliphatic carbocycles. The summed E-state index contributed by atoms with van der Waals surface area (Å²) in [5.74, 6) is -0.679. The quantitative estimate of drug-likeness (QED) is 0.426. The van der Waals surface area contributed by atoms with E-state index in [2.05, 4.69) is 26.5 Å². The van der Waals surface area contributed by atoms with Gasteiger partial charge < -0.3 is 5.11 Å². The molecule has 0 radical (unpaired) electrons. The van der Waals surface area contributed by atoms with Gasteiger partial charge in [-0.05, 0) is 57.3 Å². The Hall–Kier alpha value is -2.26. The van der Waals surface area contributed by atoms with Crippen molar-refractivity contribution in [3.63, 3.8) is 0 Å². The van der Waals surface area contributed by atoms with Gasteiger partial charge in [0.15, 0.2) is 4.77 Å². The Morgan fingerprint density at radius 1 is 1.23 bits per heavy atom. The minimum absolute atomic E-state index is 0.0124. The third-order valence-electron chi connectivity index (χ3n) is 3.83. The molecule has 2 rings (SSSR count). The zero-order valence-electron chi connectivity index (χ0n) is 14.6. The molecule has 0 aliphatic heterocycles. The summed E-state index contributed by atoms with van der Waals surface area (Å²) in [6.07, 6.45) is 0. The maximum Gasteiger partial charge on any atom is 0.271 e. The minimum atomic E-state index is -0.446. The molecular weight excluding hydrogens is 420 g/mol. The minimum Gasteiger partial charge on any atom is -0.494 e. The number of benzene rings is 1. The Morgan fingerprint density at radius 3 is 2.35 bits per heavy atom.